The predicted molar refractivity (Wildman–Crippen MR) is 109 cm³/mol. The van der Waals surface area contributed by atoms with Crippen LogP contribution in [-0.2, 0) is 20.9 Å². The third-order valence-corrected chi connectivity index (χ3v) is 6.71. The summed E-state index contributed by atoms with van der Waals surface area (Å²) in [5.41, 5.74) is 1.88. The van der Waals surface area contributed by atoms with E-state index in [2.05, 4.69) is 10.4 Å². The zero-order valence-corrected chi connectivity index (χ0v) is 17.6. The third kappa shape index (κ3) is 3.55. The van der Waals surface area contributed by atoms with Crippen LogP contribution in [-0.4, -0.2) is 52.2 Å². The van der Waals surface area contributed by atoms with Gasteiger partial charge in [0.25, 0.3) is 0 Å². The summed E-state index contributed by atoms with van der Waals surface area (Å²) in [7, 11) is 0. The molecule has 2 aliphatic heterocycles. The molecule has 0 unspecified atom stereocenters. The van der Waals surface area contributed by atoms with Crippen LogP contribution in [0.1, 0.15) is 31.0 Å². The molecular weight excluding hydrogens is 449 g/mol. The second-order valence-electron chi connectivity index (χ2n) is 8.53. The first-order valence-corrected chi connectivity index (χ1v) is 10.7. The van der Waals surface area contributed by atoms with E-state index in [-0.39, 0.29) is 54.7 Å². The molecule has 1 aromatic carbocycles. The Morgan fingerprint density at radius 3 is 2.75 bits per heavy atom. The van der Waals surface area contributed by atoms with Crippen molar-refractivity contribution in [1.29, 1.82) is 0 Å². The van der Waals surface area contributed by atoms with Gasteiger partial charge in [0.1, 0.15) is 11.5 Å². The van der Waals surface area contributed by atoms with E-state index in [1.54, 1.807) is 9.58 Å². The van der Waals surface area contributed by atoms with Gasteiger partial charge in [-0.25, -0.2) is 13.2 Å². The number of halogens is 4. The number of carbonyl (C=O) groups is 2. The Labute approximate surface area is 186 Å². The van der Waals surface area contributed by atoms with Crippen LogP contribution in [0.25, 0.3) is 11.3 Å². The van der Waals surface area contributed by atoms with Crippen molar-refractivity contribution in [3.63, 3.8) is 0 Å². The molecule has 170 valence electrons. The molecule has 0 bridgehead atoms. The van der Waals surface area contributed by atoms with Gasteiger partial charge in [0.05, 0.1) is 48.2 Å². The summed E-state index contributed by atoms with van der Waals surface area (Å²) in [6.07, 6.45) is 0.00119. The van der Waals surface area contributed by atoms with Crippen molar-refractivity contribution >= 4 is 29.6 Å². The zero-order valence-electron chi connectivity index (χ0n) is 16.9. The number of nitrogens with one attached hydrogen (secondary N) is 1. The Bertz CT molecular complexity index is 1080. The number of anilines is 1. The Hall–Kier alpha value is -2.59. The molecule has 1 saturated carbocycles. The molecule has 2 fully saturated rings. The highest BCUT2D eigenvalue weighted by Crippen LogP contribution is 2.45. The molecule has 5 rings (SSSR count). The van der Waals surface area contributed by atoms with Crippen LogP contribution in [0, 0.1) is 11.7 Å². The molecule has 0 radical (unpaired) electrons. The number of hydrogen-bond donors (Lipinski definition) is 1. The summed E-state index contributed by atoms with van der Waals surface area (Å²) < 4.78 is 47.4. The van der Waals surface area contributed by atoms with E-state index >= 15 is 0 Å². The number of hydrogen-bond acceptors (Lipinski definition) is 4. The van der Waals surface area contributed by atoms with Crippen molar-refractivity contribution in [2.24, 2.45) is 5.92 Å². The van der Waals surface area contributed by atoms with E-state index in [0.717, 1.165) is 0 Å². The quantitative estimate of drug-likeness (QED) is 0.680. The average Bonchev–Trinajstić information content (AvgIpc) is 3.33. The molecule has 1 aromatic heterocycles. The number of carbonyl (C=O) groups excluding carboxylic acids is 2. The first-order chi connectivity index (χ1) is 15.3. The summed E-state index contributed by atoms with van der Waals surface area (Å²) in [5.74, 6) is -3.82. The molecular formula is C21H20ClF3N4O3. The van der Waals surface area contributed by atoms with Gasteiger partial charge in [0, 0.05) is 24.8 Å². The molecule has 1 saturated heterocycles. The molecule has 1 N–H and O–H groups in total. The fourth-order valence-corrected chi connectivity index (χ4v) is 5.04. The number of alkyl halides is 2. The van der Waals surface area contributed by atoms with Crippen LogP contribution in [0.15, 0.2) is 18.2 Å². The standard InChI is InChI=1S/C21H20ClF3N4O3/c22-13-4-12(1-2-14(13)23)19-20(26-10-30)15-7-28(16-8-32-9-17(16)29(15)27-19)18(31)3-11-5-21(24,25)6-11/h1-2,4,10-11,16-17H,3,5-9H2,(H,26,30)/t16-,17+/m1/s1. The lowest BCUT2D eigenvalue weighted by atomic mass is 9.79. The van der Waals surface area contributed by atoms with Gasteiger partial charge >= 0.3 is 0 Å². The van der Waals surface area contributed by atoms with Gasteiger partial charge in [0.2, 0.25) is 18.2 Å². The highest BCUT2D eigenvalue weighted by molar-refractivity contribution is 6.31. The minimum atomic E-state index is -2.68. The van der Waals surface area contributed by atoms with Crippen molar-refractivity contribution in [3.05, 3.63) is 34.7 Å². The largest absolute Gasteiger partial charge is 0.377 e. The maximum absolute atomic E-state index is 13.7. The average molecular weight is 469 g/mol. The second kappa shape index (κ2) is 7.77. The van der Waals surface area contributed by atoms with Gasteiger partial charge in [-0.3, -0.25) is 14.3 Å². The van der Waals surface area contributed by atoms with Crippen LogP contribution in [0.3, 0.4) is 0 Å². The van der Waals surface area contributed by atoms with E-state index in [1.807, 2.05) is 0 Å². The summed E-state index contributed by atoms with van der Waals surface area (Å²) in [4.78, 5) is 26.0. The van der Waals surface area contributed by atoms with E-state index in [1.165, 1.54) is 18.2 Å². The monoisotopic (exact) mass is 468 g/mol. The summed E-state index contributed by atoms with van der Waals surface area (Å²) >= 11 is 5.94. The zero-order chi connectivity index (χ0) is 22.6. The predicted octanol–water partition coefficient (Wildman–Crippen LogP) is 3.63. The highest BCUT2D eigenvalue weighted by atomic mass is 35.5. The summed E-state index contributed by atoms with van der Waals surface area (Å²) in [6, 6.07) is 3.57. The lowest BCUT2D eigenvalue weighted by Crippen LogP contribution is -2.50. The number of rotatable bonds is 5. The second-order valence-corrected chi connectivity index (χ2v) is 8.94. The number of aromatic nitrogens is 2. The number of fused-ring (bicyclic) bond motifs is 3. The number of nitrogens with zero attached hydrogens (tertiary/aromatic N) is 3. The van der Waals surface area contributed by atoms with E-state index in [4.69, 9.17) is 16.3 Å². The molecule has 7 nitrogen and oxygen atoms in total. The van der Waals surface area contributed by atoms with Crippen molar-refractivity contribution in [3.8, 4) is 11.3 Å². The van der Waals surface area contributed by atoms with E-state index in [0.29, 0.717) is 42.3 Å². The van der Waals surface area contributed by atoms with E-state index in [9.17, 15) is 22.8 Å². The van der Waals surface area contributed by atoms with Crippen molar-refractivity contribution in [1.82, 2.24) is 14.7 Å². The SMILES string of the molecule is O=CNc1c(-c2ccc(F)c(Cl)c2)nn2c1CN(C(=O)CC1CC(F)(F)C1)[C@@H]1COC[C@@H]12. The van der Waals surface area contributed by atoms with Crippen LogP contribution >= 0.6 is 11.6 Å². The van der Waals surface area contributed by atoms with Crippen LogP contribution in [0.4, 0.5) is 18.9 Å². The van der Waals surface area contributed by atoms with Gasteiger partial charge in [0.15, 0.2) is 0 Å². The van der Waals surface area contributed by atoms with Crippen LogP contribution in [0.2, 0.25) is 5.02 Å². The molecule has 3 heterocycles. The van der Waals surface area contributed by atoms with Crippen molar-refractivity contribution < 1.29 is 27.5 Å². The molecule has 0 spiro atoms. The first-order valence-electron chi connectivity index (χ1n) is 10.3. The topological polar surface area (TPSA) is 76.5 Å². The lowest BCUT2D eigenvalue weighted by molar-refractivity contribution is -0.146. The molecule has 1 aliphatic carbocycles. The van der Waals surface area contributed by atoms with Gasteiger partial charge < -0.3 is 15.0 Å². The lowest BCUT2D eigenvalue weighted by Gasteiger charge is -2.40. The first kappa shape index (κ1) is 21.3. The molecule has 11 heteroatoms. The maximum atomic E-state index is 13.7. The Morgan fingerprint density at radius 2 is 2.06 bits per heavy atom. The Balaban J connectivity index is 1.50. The Kier molecular flexibility index (Phi) is 5.16. The molecule has 2 atom stereocenters. The normalized spacial score (nSPS) is 23.9. The fraction of sp³-hybridized carbons (Fsp3) is 0.476. The molecule has 2 aromatic rings. The van der Waals surface area contributed by atoms with Crippen molar-refractivity contribution in [2.75, 3.05) is 18.5 Å². The fourth-order valence-electron chi connectivity index (χ4n) is 4.86. The highest BCUT2D eigenvalue weighted by Gasteiger charge is 2.48. The van der Waals surface area contributed by atoms with Crippen LogP contribution in [0.5, 0.6) is 0 Å². The Morgan fingerprint density at radius 1 is 1.31 bits per heavy atom. The van der Waals surface area contributed by atoms with Gasteiger partial charge in [-0.15, -0.1) is 0 Å². The third-order valence-electron chi connectivity index (χ3n) is 6.42. The van der Waals surface area contributed by atoms with Gasteiger partial charge in [-0.2, -0.15) is 5.10 Å². The summed E-state index contributed by atoms with van der Waals surface area (Å²) in [6.45, 7) is 0.768. The minimum Gasteiger partial charge on any atom is -0.377 e. The van der Waals surface area contributed by atoms with Gasteiger partial charge in [-0.05, 0) is 24.1 Å². The van der Waals surface area contributed by atoms with Gasteiger partial charge in [-0.1, -0.05) is 11.6 Å². The minimum absolute atomic E-state index is 0.0455. The maximum Gasteiger partial charge on any atom is 0.248 e. The summed E-state index contributed by atoms with van der Waals surface area (Å²) in [5, 5.41) is 7.22. The number of ether oxygens (including phenoxy) is 1. The van der Waals surface area contributed by atoms with E-state index < -0.39 is 11.7 Å². The molecule has 32 heavy (non-hydrogen) atoms. The molecule has 3 aliphatic rings. The smallest absolute Gasteiger partial charge is 0.248 e. The number of benzene rings is 1. The number of amides is 2. The van der Waals surface area contributed by atoms with Crippen molar-refractivity contribution in [2.45, 2.75) is 43.8 Å². The van der Waals surface area contributed by atoms with Crippen LogP contribution < -0.4 is 5.32 Å². The molecule has 2 amide bonds.